The molecule has 0 unspecified atom stereocenters. The van der Waals surface area contributed by atoms with Crippen LogP contribution in [0.3, 0.4) is 0 Å². The molecule has 1 aromatic carbocycles. The van der Waals surface area contributed by atoms with Crippen LogP contribution in [0.25, 0.3) is 0 Å². The van der Waals surface area contributed by atoms with E-state index < -0.39 is 5.97 Å². The predicted octanol–water partition coefficient (Wildman–Crippen LogP) is 2.85. The van der Waals surface area contributed by atoms with Crippen molar-refractivity contribution in [2.45, 2.75) is 10.6 Å². The minimum absolute atomic E-state index is 0.168. The number of hydrogen-bond acceptors (Lipinski definition) is 4. The summed E-state index contributed by atoms with van der Waals surface area (Å²) < 4.78 is 5.15. The van der Waals surface area contributed by atoms with Crippen LogP contribution in [0.1, 0.15) is 16.1 Å². The van der Waals surface area contributed by atoms with E-state index in [1.807, 2.05) is 24.3 Å². The number of rotatable bonds is 4. The van der Waals surface area contributed by atoms with Crippen molar-refractivity contribution in [2.75, 3.05) is 5.73 Å². The highest BCUT2D eigenvalue weighted by molar-refractivity contribution is 7.98. The van der Waals surface area contributed by atoms with Crippen molar-refractivity contribution in [2.24, 2.45) is 0 Å². The number of anilines is 1. The topological polar surface area (TPSA) is 76.5 Å². The van der Waals surface area contributed by atoms with Gasteiger partial charge in [0.1, 0.15) is 12.0 Å². The molecule has 4 nitrogen and oxygen atoms in total. The third-order valence-corrected chi connectivity index (χ3v) is 3.30. The average Bonchev–Trinajstić information content (AvgIpc) is 2.77. The van der Waals surface area contributed by atoms with Crippen molar-refractivity contribution < 1.29 is 14.3 Å². The van der Waals surface area contributed by atoms with Crippen molar-refractivity contribution in [3.8, 4) is 0 Å². The Labute approximate surface area is 102 Å². The zero-order valence-electron chi connectivity index (χ0n) is 8.92. The fourth-order valence-corrected chi connectivity index (χ4v) is 2.19. The van der Waals surface area contributed by atoms with Crippen LogP contribution >= 0.6 is 11.8 Å². The summed E-state index contributed by atoms with van der Waals surface area (Å²) in [6.07, 6.45) is 1.24. The van der Waals surface area contributed by atoms with Gasteiger partial charge in [-0.15, -0.1) is 11.8 Å². The van der Waals surface area contributed by atoms with Gasteiger partial charge in [0.15, 0.2) is 0 Å². The molecule has 0 fully saturated rings. The third kappa shape index (κ3) is 2.82. The molecule has 0 atom stereocenters. The van der Waals surface area contributed by atoms with Crippen LogP contribution in [0.4, 0.5) is 5.69 Å². The number of benzene rings is 1. The molecule has 17 heavy (non-hydrogen) atoms. The standard InChI is InChI=1S/C12H11NO3S/c13-10-3-1-2-4-11(10)17-7-9-5-8(6-16-9)12(14)15/h1-6H,7,13H2,(H,14,15). The van der Waals surface area contributed by atoms with Gasteiger partial charge in [-0.1, -0.05) is 12.1 Å². The Kier molecular flexibility index (Phi) is 3.39. The molecule has 0 spiro atoms. The summed E-state index contributed by atoms with van der Waals surface area (Å²) >= 11 is 1.51. The second-order valence-corrected chi connectivity index (χ2v) is 4.45. The first kappa shape index (κ1) is 11.6. The summed E-state index contributed by atoms with van der Waals surface area (Å²) in [6, 6.07) is 9.04. The fraction of sp³-hybridized carbons (Fsp3) is 0.0833. The maximum absolute atomic E-state index is 10.7. The molecule has 3 N–H and O–H groups in total. The molecule has 0 aliphatic rings. The number of carboxylic acid groups (broad SMARTS) is 1. The third-order valence-electron chi connectivity index (χ3n) is 2.19. The molecule has 0 saturated heterocycles. The number of aromatic carboxylic acids is 1. The maximum Gasteiger partial charge on any atom is 0.338 e. The SMILES string of the molecule is Nc1ccccc1SCc1cc(C(=O)O)co1. The summed E-state index contributed by atoms with van der Waals surface area (Å²) in [4.78, 5) is 11.6. The first-order valence-corrected chi connectivity index (χ1v) is 5.93. The Morgan fingerprint density at radius 3 is 2.82 bits per heavy atom. The van der Waals surface area contributed by atoms with Crippen LogP contribution in [-0.2, 0) is 5.75 Å². The van der Waals surface area contributed by atoms with Crippen molar-refractivity contribution in [1.29, 1.82) is 0 Å². The number of nitrogen functional groups attached to an aromatic ring is 1. The molecule has 0 radical (unpaired) electrons. The molecule has 0 aliphatic heterocycles. The van der Waals surface area contributed by atoms with Crippen LogP contribution in [0.2, 0.25) is 0 Å². The molecule has 0 aliphatic carbocycles. The number of furan rings is 1. The van der Waals surface area contributed by atoms with E-state index in [9.17, 15) is 4.79 Å². The summed E-state index contributed by atoms with van der Waals surface area (Å²) in [5.41, 5.74) is 6.67. The van der Waals surface area contributed by atoms with Gasteiger partial charge < -0.3 is 15.3 Å². The van der Waals surface area contributed by atoms with E-state index in [4.69, 9.17) is 15.3 Å². The number of thioether (sulfide) groups is 1. The quantitative estimate of drug-likeness (QED) is 0.643. The van der Waals surface area contributed by atoms with Crippen molar-refractivity contribution >= 4 is 23.4 Å². The predicted molar refractivity (Wildman–Crippen MR) is 66.1 cm³/mol. The van der Waals surface area contributed by atoms with E-state index in [-0.39, 0.29) is 5.56 Å². The minimum Gasteiger partial charge on any atom is -0.478 e. The highest BCUT2D eigenvalue weighted by Gasteiger charge is 2.08. The fourth-order valence-electron chi connectivity index (χ4n) is 1.33. The number of carbonyl (C=O) groups is 1. The van der Waals surface area contributed by atoms with E-state index in [1.54, 1.807) is 0 Å². The lowest BCUT2D eigenvalue weighted by Gasteiger charge is -2.02. The van der Waals surface area contributed by atoms with Crippen molar-refractivity contribution in [3.05, 3.63) is 47.9 Å². The smallest absolute Gasteiger partial charge is 0.338 e. The summed E-state index contributed by atoms with van der Waals surface area (Å²) in [5.74, 6) is 0.196. The van der Waals surface area contributed by atoms with Gasteiger partial charge in [0.2, 0.25) is 0 Å². The normalized spacial score (nSPS) is 10.4. The summed E-state index contributed by atoms with van der Waals surface area (Å²) in [7, 11) is 0. The highest BCUT2D eigenvalue weighted by atomic mass is 32.2. The molecule has 0 bridgehead atoms. The molecule has 5 heteroatoms. The van der Waals surface area contributed by atoms with Crippen LogP contribution in [0.15, 0.2) is 45.9 Å². The molecule has 88 valence electrons. The first-order valence-electron chi connectivity index (χ1n) is 4.95. The van der Waals surface area contributed by atoms with Gasteiger partial charge in [-0.05, 0) is 18.2 Å². The van der Waals surface area contributed by atoms with Gasteiger partial charge in [-0.25, -0.2) is 4.79 Å². The van der Waals surface area contributed by atoms with Crippen LogP contribution in [0.5, 0.6) is 0 Å². The molecule has 2 aromatic rings. The summed E-state index contributed by atoms with van der Waals surface area (Å²) in [5, 5.41) is 8.74. The molecular weight excluding hydrogens is 238 g/mol. The van der Waals surface area contributed by atoms with E-state index in [2.05, 4.69) is 0 Å². The molecule has 1 aromatic heterocycles. The Morgan fingerprint density at radius 1 is 1.41 bits per heavy atom. The Bertz CT molecular complexity index is 536. The van der Waals surface area contributed by atoms with E-state index in [1.165, 1.54) is 24.1 Å². The van der Waals surface area contributed by atoms with E-state index in [0.29, 0.717) is 17.2 Å². The second-order valence-electron chi connectivity index (χ2n) is 3.43. The zero-order valence-corrected chi connectivity index (χ0v) is 9.74. The lowest BCUT2D eigenvalue weighted by atomic mass is 10.3. The lowest BCUT2D eigenvalue weighted by Crippen LogP contribution is -1.91. The second kappa shape index (κ2) is 4.97. The maximum atomic E-state index is 10.7. The molecule has 1 heterocycles. The molecule has 2 rings (SSSR count). The van der Waals surface area contributed by atoms with Crippen molar-refractivity contribution in [3.63, 3.8) is 0 Å². The zero-order chi connectivity index (χ0) is 12.3. The van der Waals surface area contributed by atoms with Gasteiger partial charge in [0, 0.05) is 10.6 Å². The largest absolute Gasteiger partial charge is 0.478 e. The Morgan fingerprint density at radius 2 is 2.18 bits per heavy atom. The minimum atomic E-state index is -0.982. The summed E-state index contributed by atoms with van der Waals surface area (Å²) in [6.45, 7) is 0. The van der Waals surface area contributed by atoms with E-state index >= 15 is 0 Å². The molecule has 0 amide bonds. The van der Waals surface area contributed by atoms with Gasteiger partial charge >= 0.3 is 5.97 Å². The number of carboxylic acids is 1. The lowest BCUT2D eigenvalue weighted by molar-refractivity contribution is 0.0696. The highest BCUT2D eigenvalue weighted by Crippen LogP contribution is 2.28. The van der Waals surface area contributed by atoms with Crippen LogP contribution < -0.4 is 5.73 Å². The van der Waals surface area contributed by atoms with Gasteiger partial charge in [-0.3, -0.25) is 0 Å². The van der Waals surface area contributed by atoms with Gasteiger partial charge in [-0.2, -0.15) is 0 Å². The molecular formula is C12H11NO3S. The number of para-hydroxylation sites is 1. The first-order chi connectivity index (χ1) is 8.16. The Balaban J connectivity index is 2.02. The van der Waals surface area contributed by atoms with Crippen LogP contribution in [0, 0.1) is 0 Å². The average molecular weight is 249 g/mol. The Hall–Kier alpha value is -1.88. The molecule has 0 saturated carbocycles. The monoisotopic (exact) mass is 249 g/mol. The van der Waals surface area contributed by atoms with Gasteiger partial charge in [0.05, 0.1) is 11.3 Å². The van der Waals surface area contributed by atoms with Crippen LogP contribution in [-0.4, -0.2) is 11.1 Å². The number of hydrogen-bond donors (Lipinski definition) is 2. The number of nitrogens with two attached hydrogens (primary N) is 1. The van der Waals surface area contributed by atoms with E-state index in [0.717, 1.165) is 4.90 Å². The van der Waals surface area contributed by atoms with Crippen molar-refractivity contribution in [1.82, 2.24) is 0 Å². The van der Waals surface area contributed by atoms with Gasteiger partial charge in [0.25, 0.3) is 0 Å².